The van der Waals surface area contributed by atoms with Gasteiger partial charge in [-0.2, -0.15) is 0 Å². The standard InChI is InChI=1S/C8H15NO4/c1-5(2)7(12)8(13)9-3-6(11)4-10/h5-6,10-11H,3-4H2,1-2H3,(H,9,13). The molecule has 0 aliphatic heterocycles. The van der Waals surface area contributed by atoms with Crippen molar-refractivity contribution in [1.29, 1.82) is 0 Å². The minimum absolute atomic E-state index is 0.103. The fraction of sp³-hybridized carbons (Fsp3) is 0.750. The minimum Gasteiger partial charge on any atom is -0.394 e. The van der Waals surface area contributed by atoms with Crippen LogP contribution in [0.15, 0.2) is 0 Å². The molecule has 0 saturated heterocycles. The summed E-state index contributed by atoms with van der Waals surface area (Å²) in [6.07, 6.45) is -1.01. The van der Waals surface area contributed by atoms with Gasteiger partial charge in [-0.05, 0) is 0 Å². The summed E-state index contributed by atoms with van der Waals surface area (Å²) in [5, 5.41) is 19.5. The van der Waals surface area contributed by atoms with E-state index in [1.54, 1.807) is 13.8 Å². The third-order valence-electron chi connectivity index (χ3n) is 1.46. The zero-order valence-corrected chi connectivity index (χ0v) is 7.78. The van der Waals surface area contributed by atoms with Crippen LogP contribution in [0.25, 0.3) is 0 Å². The lowest BCUT2D eigenvalue weighted by Gasteiger charge is -2.09. The van der Waals surface area contributed by atoms with Gasteiger partial charge in [-0.25, -0.2) is 0 Å². The summed E-state index contributed by atoms with van der Waals surface area (Å²) >= 11 is 0. The van der Waals surface area contributed by atoms with E-state index >= 15 is 0 Å². The molecule has 0 saturated carbocycles. The van der Waals surface area contributed by atoms with Crippen molar-refractivity contribution in [2.24, 2.45) is 5.92 Å². The van der Waals surface area contributed by atoms with Crippen LogP contribution in [0.2, 0.25) is 0 Å². The van der Waals surface area contributed by atoms with Crippen LogP contribution in [0, 0.1) is 5.92 Å². The molecule has 0 heterocycles. The lowest BCUT2D eigenvalue weighted by atomic mass is 10.1. The molecule has 76 valence electrons. The lowest BCUT2D eigenvalue weighted by Crippen LogP contribution is -2.39. The average molecular weight is 189 g/mol. The molecule has 0 aliphatic rings. The van der Waals surface area contributed by atoms with Crippen molar-refractivity contribution in [3.8, 4) is 0 Å². The van der Waals surface area contributed by atoms with E-state index in [1.165, 1.54) is 0 Å². The highest BCUT2D eigenvalue weighted by Crippen LogP contribution is 1.93. The monoisotopic (exact) mass is 189 g/mol. The average Bonchev–Trinajstić information content (AvgIpc) is 2.11. The van der Waals surface area contributed by atoms with Gasteiger partial charge in [0.05, 0.1) is 12.7 Å². The molecule has 1 atom stereocenters. The first-order valence-corrected chi connectivity index (χ1v) is 4.10. The zero-order chi connectivity index (χ0) is 10.4. The maximum absolute atomic E-state index is 11.0. The summed E-state index contributed by atoms with van der Waals surface area (Å²) in [5.41, 5.74) is 0. The van der Waals surface area contributed by atoms with Gasteiger partial charge in [0, 0.05) is 12.5 Å². The number of hydrogen-bond acceptors (Lipinski definition) is 4. The molecule has 0 bridgehead atoms. The van der Waals surface area contributed by atoms with Crippen LogP contribution in [0.5, 0.6) is 0 Å². The molecule has 0 fully saturated rings. The van der Waals surface area contributed by atoms with E-state index in [4.69, 9.17) is 10.2 Å². The maximum Gasteiger partial charge on any atom is 0.287 e. The molecule has 0 aromatic heterocycles. The Morgan fingerprint density at radius 3 is 2.31 bits per heavy atom. The Bertz CT molecular complexity index is 191. The SMILES string of the molecule is CC(C)C(=O)C(=O)NCC(O)CO. The maximum atomic E-state index is 11.0. The molecule has 0 aromatic carbocycles. The number of aliphatic hydroxyl groups is 2. The summed E-state index contributed by atoms with van der Waals surface area (Å²) in [4.78, 5) is 21.9. The molecule has 3 N–H and O–H groups in total. The highest BCUT2D eigenvalue weighted by molar-refractivity contribution is 6.36. The van der Waals surface area contributed by atoms with Crippen molar-refractivity contribution < 1.29 is 19.8 Å². The Kier molecular flexibility index (Phi) is 5.25. The Morgan fingerprint density at radius 2 is 1.92 bits per heavy atom. The number of ketones is 1. The second-order valence-electron chi connectivity index (χ2n) is 3.07. The number of carbonyl (C=O) groups excluding carboxylic acids is 2. The van der Waals surface area contributed by atoms with Gasteiger partial charge in [0.25, 0.3) is 5.91 Å². The fourth-order valence-corrected chi connectivity index (χ4v) is 0.624. The van der Waals surface area contributed by atoms with Crippen LogP contribution < -0.4 is 5.32 Å². The predicted molar refractivity (Wildman–Crippen MR) is 45.9 cm³/mol. The van der Waals surface area contributed by atoms with Crippen molar-refractivity contribution in [1.82, 2.24) is 5.32 Å². The molecule has 5 heteroatoms. The highest BCUT2D eigenvalue weighted by Gasteiger charge is 2.17. The number of amides is 1. The first-order valence-electron chi connectivity index (χ1n) is 4.10. The number of rotatable bonds is 5. The van der Waals surface area contributed by atoms with Crippen LogP contribution in [0.4, 0.5) is 0 Å². The molecule has 0 radical (unpaired) electrons. The molecule has 0 spiro atoms. The first kappa shape index (κ1) is 12.1. The number of aliphatic hydroxyl groups excluding tert-OH is 2. The summed E-state index contributed by atoms with van der Waals surface area (Å²) in [7, 11) is 0. The molecule has 0 aromatic rings. The lowest BCUT2D eigenvalue weighted by molar-refractivity contribution is -0.139. The number of Topliss-reactive ketones (excluding diaryl/α,β-unsaturated/α-hetero) is 1. The molecule has 1 unspecified atom stereocenters. The molecule has 1 amide bonds. The van der Waals surface area contributed by atoms with Gasteiger partial charge < -0.3 is 15.5 Å². The molecule has 5 nitrogen and oxygen atoms in total. The summed E-state index contributed by atoms with van der Waals surface area (Å²) in [5.74, 6) is -1.60. The normalized spacial score (nSPS) is 12.7. The Labute approximate surface area is 76.8 Å². The molecule has 13 heavy (non-hydrogen) atoms. The van der Waals surface area contributed by atoms with Crippen LogP contribution in [0.1, 0.15) is 13.8 Å². The second-order valence-corrected chi connectivity index (χ2v) is 3.07. The highest BCUT2D eigenvalue weighted by atomic mass is 16.3. The van der Waals surface area contributed by atoms with E-state index in [-0.39, 0.29) is 12.5 Å². The van der Waals surface area contributed by atoms with Gasteiger partial charge in [-0.1, -0.05) is 13.8 Å². The second kappa shape index (κ2) is 5.66. The van der Waals surface area contributed by atoms with E-state index in [0.29, 0.717) is 0 Å². The van der Waals surface area contributed by atoms with Crippen molar-refractivity contribution >= 4 is 11.7 Å². The smallest absolute Gasteiger partial charge is 0.287 e. The Balaban J connectivity index is 3.81. The van der Waals surface area contributed by atoms with Gasteiger partial charge in [0.1, 0.15) is 0 Å². The van der Waals surface area contributed by atoms with Crippen molar-refractivity contribution in [2.75, 3.05) is 13.2 Å². The summed E-state index contributed by atoms with van der Waals surface area (Å²) in [6.45, 7) is 2.69. The third-order valence-corrected chi connectivity index (χ3v) is 1.46. The van der Waals surface area contributed by atoms with E-state index in [1.807, 2.05) is 0 Å². The fourth-order valence-electron chi connectivity index (χ4n) is 0.624. The van der Waals surface area contributed by atoms with Crippen LogP contribution >= 0.6 is 0 Å². The topological polar surface area (TPSA) is 86.6 Å². The van der Waals surface area contributed by atoms with E-state index < -0.39 is 24.4 Å². The van der Waals surface area contributed by atoms with Gasteiger partial charge >= 0.3 is 0 Å². The molecular weight excluding hydrogens is 174 g/mol. The van der Waals surface area contributed by atoms with Crippen LogP contribution in [0.3, 0.4) is 0 Å². The van der Waals surface area contributed by atoms with Crippen molar-refractivity contribution in [3.05, 3.63) is 0 Å². The van der Waals surface area contributed by atoms with E-state index in [9.17, 15) is 9.59 Å². The zero-order valence-electron chi connectivity index (χ0n) is 7.78. The third kappa shape index (κ3) is 4.59. The van der Waals surface area contributed by atoms with Gasteiger partial charge in [0.2, 0.25) is 5.78 Å². The van der Waals surface area contributed by atoms with Crippen molar-refractivity contribution in [3.63, 3.8) is 0 Å². The molecule has 0 rings (SSSR count). The van der Waals surface area contributed by atoms with Crippen LogP contribution in [-0.2, 0) is 9.59 Å². The molecular formula is C8H15NO4. The quantitative estimate of drug-likeness (QED) is 0.468. The number of nitrogens with one attached hydrogen (secondary N) is 1. The van der Waals surface area contributed by atoms with Crippen molar-refractivity contribution in [2.45, 2.75) is 20.0 Å². The van der Waals surface area contributed by atoms with Gasteiger partial charge in [-0.15, -0.1) is 0 Å². The summed E-state index contributed by atoms with van der Waals surface area (Å²) in [6, 6.07) is 0. The van der Waals surface area contributed by atoms with Gasteiger partial charge in [0.15, 0.2) is 0 Å². The number of hydrogen-bond donors (Lipinski definition) is 3. The largest absolute Gasteiger partial charge is 0.394 e. The Morgan fingerprint density at radius 1 is 1.38 bits per heavy atom. The van der Waals surface area contributed by atoms with E-state index in [0.717, 1.165) is 0 Å². The summed E-state index contributed by atoms with van der Waals surface area (Å²) < 4.78 is 0. The van der Waals surface area contributed by atoms with Gasteiger partial charge in [-0.3, -0.25) is 9.59 Å². The molecule has 0 aliphatic carbocycles. The first-order chi connectivity index (χ1) is 5.99. The van der Waals surface area contributed by atoms with E-state index in [2.05, 4.69) is 5.32 Å². The predicted octanol–water partition coefficient (Wildman–Crippen LogP) is -1.32. The minimum atomic E-state index is -1.01. The number of carbonyl (C=O) groups is 2. The Hall–Kier alpha value is -0.940. The van der Waals surface area contributed by atoms with Crippen LogP contribution in [-0.4, -0.2) is 41.2 Å².